The number of esters is 2. The molecule has 7 nitrogen and oxygen atoms in total. The SMILES string of the molecule is CC(=O)O[C@@H]1O[C@H]2C[C@]3(C)[C@@H](OC(C)(C)C)CC[C@](OC(C)=O)(O2)[C@H]13. The molecular formula is C18H28O7. The molecule has 1 aliphatic carbocycles. The van der Waals surface area contributed by atoms with Crippen LogP contribution in [0.2, 0.25) is 0 Å². The van der Waals surface area contributed by atoms with Crippen LogP contribution in [-0.4, -0.2) is 42.0 Å². The lowest BCUT2D eigenvalue weighted by atomic mass is 9.57. The molecule has 0 unspecified atom stereocenters. The molecule has 0 N–H and O–H groups in total. The first kappa shape index (κ1) is 18.6. The Balaban J connectivity index is 1.99. The average Bonchev–Trinajstić information content (AvgIpc) is 2.38. The molecule has 3 saturated heterocycles. The van der Waals surface area contributed by atoms with Gasteiger partial charge in [-0.2, -0.15) is 0 Å². The molecule has 4 rings (SSSR count). The minimum Gasteiger partial charge on any atom is -0.435 e. The molecular weight excluding hydrogens is 328 g/mol. The van der Waals surface area contributed by atoms with E-state index in [2.05, 4.69) is 6.92 Å². The zero-order chi connectivity index (χ0) is 18.6. The first-order valence-corrected chi connectivity index (χ1v) is 8.83. The Kier molecular flexibility index (Phi) is 4.41. The Morgan fingerprint density at radius 1 is 1.16 bits per heavy atom. The zero-order valence-corrected chi connectivity index (χ0v) is 15.8. The molecule has 4 aliphatic rings. The summed E-state index contributed by atoms with van der Waals surface area (Å²) < 4.78 is 29.2. The predicted octanol–water partition coefficient (Wildman–Crippen LogP) is 2.51. The molecule has 3 heterocycles. The molecule has 0 aromatic carbocycles. The van der Waals surface area contributed by atoms with Gasteiger partial charge in [0.2, 0.25) is 12.1 Å². The maximum Gasteiger partial charge on any atom is 0.305 e. The summed E-state index contributed by atoms with van der Waals surface area (Å²) in [5, 5.41) is 0. The maximum absolute atomic E-state index is 11.7. The molecule has 3 aliphatic heterocycles. The highest BCUT2D eigenvalue weighted by atomic mass is 16.8. The van der Waals surface area contributed by atoms with Crippen molar-refractivity contribution in [1.82, 2.24) is 0 Å². The summed E-state index contributed by atoms with van der Waals surface area (Å²) in [5.74, 6) is -2.45. The van der Waals surface area contributed by atoms with E-state index >= 15 is 0 Å². The number of hydrogen-bond acceptors (Lipinski definition) is 7. The summed E-state index contributed by atoms with van der Waals surface area (Å²) in [6.07, 6.45) is 0.266. The van der Waals surface area contributed by atoms with Crippen molar-refractivity contribution in [2.75, 3.05) is 0 Å². The molecule has 142 valence electrons. The van der Waals surface area contributed by atoms with E-state index in [4.69, 9.17) is 23.7 Å². The molecule has 0 spiro atoms. The molecule has 6 atom stereocenters. The topological polar surface area (TPSA) is 80.3 Å². The molecule has 25 heavy (non-hydrogen) atoms. The van der Waals surface area contributed by atoms with Crippen molar-refractivity contribution >= 4 is 11.9 Å². The number of ether oxygens (including phenoxy) is 5. The Morgan fingerprint density at radius 3 is 2.40 bits per heavy atom. The average molecular weight is 356 g/mol. The van der Waals surface area contributed by atoms with Gasteiger partial charge in [-0.3, -0.25) is 9.59 Å². The van der Waals surface area contributed by atoms with Crippen LogP contribution in [0.25, 0.3) is 0 Å². The first-order valence-electron chi connectivity index (χ1n) is 8.83. The fourth-order valence-electron chi connectivity index (χ4n) is 4.62. The monoisotopic (exact) mass is 356 g/mol. The summed E-state index contributed by atoms with van der Waals surface area (Å²) in [5.41, 5.74) is -0.716. The number of carbonyl (C=O) groups excluding carboxylic acids is 2. The lowest BCUT2D eigenvalue weighted by molar-refractivity contribution is -0.478. The van der Waals surface area contributed by atoms with E-state index in [1.165, 1.54) is 13.8 Å². The van der Waals surface area contributed by atoms with Crippen molar-refractivity contribution in [1.29, 1.82) is 0 Å². The Labute approximate surface area is 148 Å². The zero-order valence-electron chi connectivity index (χ0n) is 15.8. The number of carbonyl (C=O) groups is 2. The standard InChI is InChI=1S/C18H28O7/c1-10(19)21-15-14-17(6)9-13(22-15)25-18(14,23-11(2)20)8-7-12(17)24-16(3,4)5/h12-15H,7-9H2,1-6H3/t12-,13+,14+,15+,17+,18-/m0/s1. The van der Waals surface area contributed by atoms with E-state index in [-0.39, 0.29) is 11.7 Å². The molecule has 4 bridgehead atoms. The third kappa shape index (κ3) is 3.29. The lowest BCUT2D eigenvalue weighted by Crippen LogP contribution is -2.73. The van der Waals surface area contributed by atoms with Gasteiger partial charge in [-0.05, 0) is 27.2 Å². The second-order valence-electron chi connectivity index (χ2n) is 8.51. The number of hydrogen-bond donors (Lipinski definition) is 0. The first-order chi connectivity index (χ1) is 11.5. The van der Waals surface area contributed by atoms with Crippen molar-refractivity contribution in [3.05, 3.63) is 0 Å². The molecule has 0 aromatic heterocycles. The highest BCUT2D eigenvalue weighted by Gasteiger charge is 2.71. The molecule has 7 heteroatoms. The van der Waals surface area contributed by atoms with Crippen LogP contribution in [-0.2, 0) is 33.3 Å². The fourth-order valence-corrected chi connectivity index (χ4v) is 4.62. The van der Waals surface area contributed by atoms with E-state index < -0.39 is 41.6 Å². The lowest BCUT2D eigenvalue weighted by Gasteiger charge is -2.64. The molecule has 0 aromatic rings. The van der Waals surface area contributed by atoms with E-state index in [1.54, 1.807) is 0 Å². The van der Waals surface area contributed by atoms with E-state index in [0.29, 0.717) is 19.3 Å². The fraction of sp³-hybridized carbons (Fsp3) is 0.889. The molecule has 4 fully saturated rings. The predicted molar refractivity (Wildman–Crippen MR) is 86.1 cm³/mol. The van der Waals surface area contributed by atoms with E-state index in [1.807, 2.05) is 20.8 Å². The van der Waals surface area contributed by atoms with Gasteiger partial charge < -0.3 is 23.7 Å². The van der Waals surface area contributed by atoms with Crippen LogP contribution in [0.5, 0.6) is 0 Å². The van der Waals surface area contributed by atoms with Crippen molar-refractivity contribution in [3.8, 4) is 0 Å². The van der Waals surface area contributed by atoms with Crippen molar-refractivity contribution in [2.24, 2.45) is 11.3 Å². The van der Waals surface area contributed by atoms with Crippen LogP contribution < -0.4 is 0 Å². The van der Waals surface area contributed by atoms with Crippen LogP contribution in [0.15, 0.2) is 0 Å². The highest BCUT2D eigenvalue weighted by molar-refractivity contribution is 5.67. The van der Waals surface area contributed by atoms with Gasteiger partial charge in [-0.1, -0.05) is 6.92 Å². The second kappa shape index (κ2) is 5.93. The van der Waals surface area contributed by atoms with Crippen molar-refractivity contribution in [2.45, 2.75) is 90.9 Å². The van der Waals surface area contributed by atoms with Crippen LogP contribution in [0.4, 0.5) is 0 Å². The van der Waals surface area contributed by atoms with Gasteiger partial charge >= 0.3 is 11.9 Å². The van der Waals surface area contributed by atoms with Gasteiger partial charge in [0.15, 0.2) is 6.29 Å². The quantitative estimate of drug-likeness (QED) is 0.719. The van der Waals surface area contributed by atoms with Gasteiger partial charge in [0.1, 0.15) is 0 Å². The van der Waals surface area contributed by atoms with Gasteiger partial charge in [0.25, 0.3) is 0 Å². The minimum atomic E-state index is -1.14. The van der Waals surface area contributed by atoms with Crippen LogP contribution in [0, 0.1) is 11.3 Å². The van der Waals surface area contributed by atoms with Gasteiger partial charge in [-0.15, -0.1) is 0 Å². The third-order valence-electron chi connectivity index (χ3n) is 5.26. The third-order valence-corrected chi connectivity index (χ3v) is 5.26. The van der Waals surface area contributed by atoms with E-state index in [0.717, 1.165) is 0 Å². The van der Waals surface area contributed by atoms with Crippen LogP contribution >= 0.6 is 0 Å². The van der Waals surface area contributed by atoms with Crippen molar-refractivity contribution in [3.63, 3.8) is 0 Å². The largest absolute Gasteiger partial charge is 0.435 e. The van der Waals surface area contributed by atoms with Gasteiger partial charge in [0, 0.05) is 32.1 Å². The Hall–Kier alpha value is -1.18. The normalized spacial score (nSPS) is 42.8. The molecule has 1 saturated carbocycles. The summed E-state index contributed by atoms with van der Waals surface area (Å²) in [7, 11) is 0. The van der Waals surface area contributed by atoms with E-state index in [9.17, 15) is 9.59 Å². The second-order valence-corrected chi connectivity index (χ2v) is 8.51. The van der Waals surface area contributed by atoms with Gasteiger partial charge in [0.05, 0.1) is 17.6 Å². The highest BCUT2D eigenvalue weighted by Crippen LogP contribution is 2.62. The summed E-state index contributed by atoms with van der Waals surface area (Å²) in [6.45, 7) is 10.8. The maximum atomic E-state index is 11.7. The Morgan fingerprint density at radius 2 is 1.84 bits per heavy atom. The molecule has 0 radical (unpaired) electrons. The van der Waals surface area contributed by atoms with Crippen molar-refractivity contribution < 1.29 is 33.3 Å². The Bertz CT molecular complexity index is 568. The van der Waals surface area contributed by atoms with Crippen LogP contribution in [0.3, 0.4) is 0 Å². The summed E-state index contributed by atoms with van der Waals surface area (Å²) in [4.78, 5) is 23.3. The minimum absolute atomic E-state index is 0.0745. The summed E-state index contributed by atoms with van der Waals surface area (Å²) in [6, 6.07) is 0. The number of fused-ring (bicyclic) bond motifs is 1. The number of rotatable bonds is 3. The van der Waals surface area contributed by atoms with Crippen LogP contribution in [0.1, 0.15) is 60.8 Å². The summed E-state index contributed by atoms with van der Waals surface area (Å²) >= 11 is 0. The van der Waals surface area contributed by atoms with Gasteiger partial charge in [-0.25, -0.2) is 0 Å². The smallest absolute Gasteiger partial charge is 0.305 e. The molecule has 0 amide bonds.